The van der Waals surface area contributed by atoms with Crippen LogP contribution in [0, 0.1) is 0 Å². The Balaban J connectivity index is 1.84. The minimum absolute atomic E-state index is 0.0534. The maximum absolute atomic E-state index is 12.1. The van der Waals surface area contributed by atoms with E-state index in [9.17, 15) is 4.79 Å². The van der Waals surface area contributed by atoms with Crippen LogP contribution in [0.5, 0.6) is 0 Å². The average molecular weight is 216 g/mol. The fourth-order valence-corrected chi connectivity index (χ4v) is 2.09. The Labute approximate surface area is 93.5 Å². The van der Waals surface area contributed by atoms with Crippen LogP contribution >= 0.6 is 0 Å². The van der Waals surface area contributed by atoms with Gasteiger partial charge in [-0.15, -0.1) is 0 Å². The molecule has 1 saturated heterocycles. The quantitative estimate of drug-likeness (QED) is 0.669. The Morgan fingerprint density at radius 1 is 1.38 bits per heavy atom. The Bertz CT molecular complexity index is 430. The van der Waals surface area contributed by atoms with E-state index in [0.29, 0.717) is 5.69 Å². The average Bonchev–Trinajstić information content (AvgIpc) is 2.40. The number of hydrogen-bond donors (Lipinski definition) is 0. The molecule has 82 valence electrons. The number of nitrogens with zero attached hydrogens (tertiary/aromatic N) is 2. The highest BCUT2D eigenvalue weighted by atomic mass is 16.7. The lowest BCUT2D eigenvalue weighted by Gasteiger charge is -2.39. The van der Waals surface area contributed by atoms with Crippen molar-refractivity contribution >= 4 is 5.91 Å². The van der Waals surface area contributed by atoms with Gasteiger partial charge in [0.1, 0.15) is 11.8 Å². The molecule has 4 nitrogen and oxygen atoms in total. The van der Waals surface area contributed by atoms with E-state index in [1.165, 1.54) is 5.06 Å². The van der Waals surface area contributed by atoms with E-state index in [-0.39, 0.29) is 18.1 Å². The molecule has 4 rings (SSSR count). The molecule has 0 spiro atoms. The fourth-order valence-electron chi connectivity index (χ4n) is 2.09. The highest BCUT2D eigenvalue weighted by Crippen LogP contribution is 2.28. The van der Waals surface area contributed by atoms with Gasteiger partial charge in [-0.25, -0.2) is 5.06 Å². The third-order valence-electron chi connectivity index (χ3n) is 2.93. The molecule has 16 heavy (non-hydrogen) atoms. The van der Waals surface area contributed by atoms with Gasteiger partial charge in [-0.3, -0.25) is 14.6 Å². The molecule has 0 aromatic carbocycles. The Hall–Kier alpha value is -1.68. The third-order valence-corrected chi connectivity index (χ3v) is 2.93. The summed E-state index contributed by atoms with van der Waals surface area (Å²) in [7, 11) is 0. The number of hydrogen-bond acceptors (Lipinski definition) is 3. The highest BCUT2D eigenvalue weighted by Gasteiger charge is 2.35. The van der Waals surface area contributed by atoms with Crippen LogP contribution in [0.3, 0.4) is 0 Å². The lowest BCUT2D eigenvalue weighted by Crippen LogP contribution is -2.48. The van der Waals surface area contributed by atoms with E-state index in [0.717, 1.165) is 12.8 Å². The zero-order chi connectivity index (χ0) is 11.0. The molecule has 1 amide bonds. The predicted octanol–water partition coefficient (Wildman–Crippen LogP) is 1.56. The fraction of sp³-hybridized carbons (Fsp3) is 0.333. The monoisotopic (exact) mass is 216 g/mol. The lowest BCUT2D eigenvalue weighted by atomic mass is 9.98. The summed E-state index contributed by atoms with van der Waals surface area (Å²) in [6, 6.07) is 5.37. The smallest absolute Gasteiger partial charge is 0.265 e. The number of amides is 1. The third kappa shape index (κ3) is 1.51. The van der Waals surface area contributed by atoms with Crippen LogP contribution in [0.4, 0.5) is 0 Å². The van der Waals surface area contributed by atoms with Gasteiger partial charge in [-0.1, -0.05) is 18.2 Å². The van der Waals surface area contributed by atoms with Gasteiger partial charge in [0.15, 0.2) is 0 Å². The molecule has 3 aliphatic rings. The molecule has 1 aromatic heterocycles. The second kappa shape index (κ2) is 3.72. The topological polar surface area (TPSA) is 42.4 Å². The summed E-state index contributed by atoms with van der Waals surface area (Å²) >= 11 is 0. The predicted molar refractivity (Wildman–Crippen MR) is 57.4 cm³/mol. The van der Waals surface area contributed by atoms with E-state index in [1.54, 1.807) is 24.4 Å². The second-order valence-electron chi connectivity index (χ2n) is 4.02. The van der Waals surface area contributed by atoms with Gasteiger partial charge in [-0.05, 0) is 25.0 Å². The van der Waals surface area contributed by atoms with Crippen molar-refractivity contribution in [2.45, 2.75) is 25.0 Å². The summed E-state index contributed by atoms with van der Waals surface area (Å²) in [6.45, 7) is 0. The van der Waals surface area contributed by atoms with E-state index in [4.69, 9.17) is 4.84 Å². The van der Waals surface area contributed by atoms with Crippen LogP contribution < -0.4 is 0 Å². The lowest BCUT2D eigenvalue weighted by molar-refractivity contribution is -0.198. The van der Waals surface area contributed by atoms with Gasteiger partial charge >= 0.3 is 0 Å². The molecule has 1 aliphatic carbocycles. The maximum atomic E-state index is 12.1. The van der Waals surface area contributed by atoms with Gasteiger partial charge in [0, 0.05) is 6.20 Å². The minimum Gasteiger partial charge on any atom is -0.265 e. The first kappa shape index (κ1) is 9.54. The van der Waals surface area contributed by atoms with Crippen molar-refractivity contribution in [1.29, 1.82) is 0 Å². The number of hydroxylamine groups is 2. The van der Waals surface area contributed by atoms with Crippen LogP contribution in [0.2, 0.25) is 0 Å². The van der Waals surface area contributed by atoms with Gasteiger partial charge in [0.2, 0.25) is 0 Å². The maximum Gasteiger partial charge on any atom is 0.296 e. The highest BCUT2D eigenvalue weighted by molar-refractivity contribution is 5.92. The van der Waals surface area contributed by atoms with Crippen LogP contribution in [0.15, 0.2) is 36.5 Å². The van der Waals surface area contributed by atoms with Crippen molar-refractivity contribution in [3.63, 3.8) is 0 Å². The van der Waals surface area contributed by atoms with E-state index >= 15 is 0 Å². The van der Waals surface area contributed by atoms with Crippen molar-refractivity contribution in [1.82, 2.24) is 10.0 Å². The summed E-state index contributed by atoms with van der Waals surface area (Å²) in [5.74, 6) is -0.153. The SMILES string of the molecule is O=C(c1ccccn1)N1OC2C=CC1CC2. The summed E-state index contributed by atoms with van der Waals surface area (Å²) in [6.07, 6.45) is 7.70. The first-order valence-electron chi connectivity index (χ1n) is 5.44. The summed E-state index contributed by atoms with van der Waals surface area (Å²) in [4.78, 5) is 21.7. The van der Waals surface area contributed by atoms with Crippen LogP contribution in [0.1, 0.15) is 23.3 Å². The molecule has 0 saturated carbocycles. The van der Waals surface area contributed by atoms with Crippen molar-refractivity contribution in [2.24, 2.45) is 0 Å². The van der Waals surface area contributed by atoms with Crippen molar-refractivity contribution < 1.29 is 9.63 Å². The van der Waals surface area contributed by atoms with E-state index in [2.05, 4.69) is 4.98 Å². The largest absolute Gasteiger partial charge is 0.296 e. The zero-order valence-corrected chi connectivity index (χ0v) is 8.74. The van der Waals surface area contributed by atoms with Gasteiger partial charge in [0.25, 0.3) is 5.91 Å². The molecule has 3 heterocycles. The molecule has 0 N–H and O–H groups in total. The van der Waals surface area contributed by atoms with E-state index < -0.39 is 0 Å². The molecule has 2 unspecified atom stereocenters. The van der Waals surface area contributed by atoms with Gasteiger partial charge < -0.3 is 0 Å². The first-order valence-corrected chi connectivity index (χ1v) is 5.44. The number of carbonyl (C=O) groups excluding carboxylic acids is 1. The molecule has 0 radical (unpaired) electrons. The standard InChI is InChI=1S/C12H12N2O2/c15-12(11-3-1-2-8-13-11)14-9-4-6-10(16-14)7-5-9/h1-4,6,8-10H,5,7H2. The number of aromatic nitrogens is 1. The Kier molecular flexibility index (Phi) is 2.22. The molecule has 2 bridgehead atoms. The van der Waals surface area contributed by atoms with Crippen molar-refractivity contribution in [3.05, 3.63) is 42.2 Å². The second-order valence-corrected chi connectivity index (χ2v) is 4.02. The van der Waals surface area contributed by atoms with Crippen LogP contribution in [0.25, 0.3) is 0 Å². The molecule has 4 heteroatoms. The number of carbonyl (C=O) groups is 1. The summed E-state index contributed by atoms with van der Waals surface area (Å²) in [5.41, 5.74) is 0.434. The van der Waals surface area contributed by atoms with Gasteiger partial charge in [-0.2, -0.15) is 0 Å². The molecular formula is C12H12N2O2. The number of fused-ring (bicyclic) bond motifs is 2. The van der Waals surface area contributed by atoms with Crippen LogP contribution in [-0.2, 0) is 4.84 Å². The Morgan fingerprint density at radius 3 is 2.88 bits per heavy atom. The zero-order valence-electron chi connectivity index (χ0n) is 8.74. The molecule has 2 aliphatic heterocycles. The van der Waals surface area contributed by atoms with Crippen molar-refractivity contribution in [2.75, 3.05) is 0 Å². The summed E-state index contributed by atoms with van der Waals surface area (Å²) in [5, 5.41) is 1.45. The number of pyridine rings is 1. The molecular weight excluding hydrogens is 204 g/mol. The summed E-state index contributed by atoms with van der Waals surface area (Å²) < 4.78 is 0. The van der Waals surface area contributed by atoms with E-state index in [1.807, 2.05) is 12.2 Å². The molecule has 2 atom stereocenters. The first-order chi connectivity index (χ1) is 7.84. The normalized spacial score (nSPS) is 27.1. The molecule has 1 fully saturated rings. The van der Waals surface area contributed by atoms with Crippen molar-refractivity contribution in [3.8, 4) is 0 Å². The minimum atomic E-state index is -0.153. The van der Waals surface area contributed by atoms with Crippen LogP contribution in [-0.4, -0.2) is 28.1 Å². The Morgan fingerprint density at radius 2 is 2.31 bits per heavy atom. The number of rotatable bonds is 1. The molecule has 1 aromatic rings. The van der Waals surface area contributed by atoms with Gasteiger partial charge in [0.05, 0.1) is 6.04 Å².